The van der Waals surface area contributed by atoms with E-state index in [1.54, 1.807) is 10.7 Å². The maximum absolute atomic E-state index is 12.7. The number of carbonyl (C=O) groups is 1. The van der Waals surface area contributed by atoms with Crippen LogP contribution in [0, 0.1) is 0 Å². The molecule has 0 atom stereocenters. The number of anilines is 1. The summed E-state index contributed by atoms with van der Waals surface area (Å²) in [4.78, 5) is 17.0. The van der Waals surface area contributed by atoms with Crippen LogP contribution in [0.3, 0.4) is 0 Å². The number of benzene rings is 1. The largest absolute Gasteiger partial charge is 0.296 e. The first-order valence-corrected chi connectivity index (χ1v) is 8.98. The lowest BCUT2D eigenvalue weighted by molar-refractivity contribution is 0.102. The van der Waals surface area contributed by atoms with Crippen molar-refractivity contribution in [1.29, 1.82) is 0 Å². The van der Waals surface area contributed by atoms with Crippen LogP contribution < -0.4 is 5.32 Å². The summed E-state index contributed by atoms with van der Waals surface area (Å²) >= 11 is 1.37. The Labute approximate surface area is 153 Å². The maximum atomic E-state index is 12.7. The SMILES string of the molecule is CC(C)c1nnc(NC(=O)c2cnn3c(-c4ccccc4)ccnc23)s1. The second-order valence-electron chi connectivity index (χ2n) is 6.04. The van der Waals surface area contributed by atoms with Crippen molar-refractivity contribution in [3.63, 3.8) is 0 Å². The van der Waals surface area contributed by atoms with Gasteiger partial charge in [0.25, 0.3) is 5.91 Å². The van der Waals surface area contributed by atoms with Gasteiger partial charge in [0.15, 0.2) is 5.65 Å². The zero-order chi connectivity index (χ0) is 18.1. The number of nitrogens with one attached hydrogen (secondary N) is 1. The lowest BCUT2D eigenvalue weighted by Gasteiger charge is -2.04. The maximum Gasteiger partial charge on any atom is 0.262 e. The van der Waals surface area contributed by atoms with Gasteiger partial charge in [-0.3, -0.25) is 10.1 Å². The standard InChI is InChI=1S/C18H16N6OS/c1-11(2)17-22-23-18(26-17)21-16(25)13-10-20-24-14(8-9-19-15(13)24)12-6-4-3-5-7-12/h3-11H,1-2H3,(H,21,23,25). The van der Waals surface area contributed by atoms with E-state index in [0.29, 0.717) is 16.3 Å². The van der Waals surface area contributed by atoms with E-state index in [2.05, 4.69) is 25.6 Å². The van der Waals surface area contributed by atoms with Crippen LogP contribution in [0.2, 0.25) is 0 Å². The highest BCUT2D eigenvalue weighted by atomic mass is 32.1. The molecule has 0 saturated heterocycles. The van der Waals surface area contributed by atoms with Crippen LogP contribution >= 0.6 is 11.3 Å². The molecule has 8 heteroatoms. The van der Waals surface area contributed by atoms with Crippen molar-refractivity contribution in [1.82, 2.24) is 24.8 Å². The molecule has 1 aromatic carbocycles. The summed E-state index contributed by atoms with van der Waals surface area (Å²) in [7, 11) is 0. The minimum atomic E-state index is -0.302. The predicted molar refractivity (Wildman–Crippen MR) is 100 cm³/mol. The monoisotopic (exact) mass is 364 g/mol. The molecule has 0 radical (unpaired) electrons. The average Bonchev–Trinajstić information content (AvgIpc) is 3.29. The number of hydrogen-bond acceptors (Lipinski definition) is 6. The number of nitrogens with zero attached hydrogens (tertiary/aromatic N) is 5. The zero-order valence-corrected chi connectivity index (χ0v) is 15.1. The molecule has 7 nitrogen and oxygen atoms in total. The molecule has 0 aliphatic heterocycles. The molecule has 0 fully saturated rings. The van der Waals surface area contributed by atoms with Crippen molar-refractivity contribution < 1.29 is 4.79 Å². The Morgan fingerprint density at radius 1 is 1.15 bits per heavy atom. The molecule has 1 amide bonds. The van der Waals surface area contributed by atoms with Gasteiger partial charge in [-0.25, -0.2) is 9.50 Å². The second-order valence-corrected chi connectivity index (χ2v) is 7.05. The van der Waals surface area contributed by atoms with Crippen LogP contribution in [-0.2, 0) is 0 Å². The summed E-state index contributed by atoms with van der Waals surface area (Å²) in [6.07, 6.45) is 3.20. The lowest BCUT2D eigenvalue weighted by atomic mass is 10.1. The number of carbonyl (C=O) groups excluding carboxylic acids is 1. The van der Waals surface area contributed by atoms with E-state index in [1.165, 1.54) is 17.5 Å². The van der Waals surface area contributed by atoms with E-state index in [1.807, 2.05) is 50.2 Å². The van der Waals surface area contributed by atoms with Crippen molar-refractivity contribution in [3.05, 3.63) is 59.4 Å². The Morgan fingerprint density at radius 3 is 2.69 bits per heavy atom. The Balaban J connectivity index is 1.68. The van der Waals surface area contributed by atoms with Gasteiger partial charge in [0, 0.05) is 17.7 Å². The molecular formula is C18H16N6OS. The molecule has 0 aliphatic carbocycles. The molecule has 0 spiro atoms. The lowest BCUT2D eigenvalue weighted by Crippen LogP contribution is -2.12. The van der Waals surface area contributed by atoms with E-state index >= 15 is 0 Å². The summed E-state index contributed by atoms with van der Waals surface area (Å²) in [5, 5.41) is 16.6. The molecule has 3 heterocycles. The quantitative estimate of drug-likeness (QED) is 0.598. The molecular weight excluding hydrogens is 348 g/mol. The normalized spacial score (nSPS) is 11.2. The van der Waals surface area contributed by atoms with Gasteiger partial charge in [0.2, 0.25) is 5.13 Å². The van der Waals surface area contributed by atoms with Gasteiger partial charge in [0.05, 0.1) is 11.9 Å². The highest BCUT2D eigenvalue weighted by molar-refractivity contribution is 7.15. The Hall–Kier alpha value is -3.13. The molecule has 0 aliphatic rings. The third-order valence-electron chi connectivity index (χ3n) is 3.87. The minimum Gasteiger partial charge on any atom is -0.296 e. The summed E-state index contributed by atoms with van der Waals surface area (Å²) < 4.78 is 1.67. The third kappa shape index (κ3) is 2.95. The Bertz CT molecular complexity index is 1070. The van der Waals surface area contributed by atoms with Gasteiger partial charge >= 0.3 is 0 Å². The van der Waals surface area contributed by atoms with Crippen molar-refractivity contribution in [2.75, 3.05) is 5.32 Å². The fourth-order valence-corrected chi connectivity index (χ4v) is 3.30. The van der Waals surface area contributed by atoms with E-state index in [-0.39, 0.29) is 11.8 Å². The Kier molecular flexibility index (Phi) is 4.18. The molecule has 4 rings (SSSR count). The first-order chi connectivity index (χ1) is 12.6. The summed E-state index contributed by atoms with van der Waals surface area (Å²) in [5.74, 6) is -0.0330. The molecule has 1 N–H and O–H groups in total. The van der Waals surface area contributed by atoms with Crippen LogP contribution in [-0.4, -0.2) is 30.7 Å². The molecule has 26 heavy (non-hydrogen) atoms. The molecule has 3 aromatic heterocycles. The summed E-state index contributed by atoms with van der Waals surface area (Å²) in [6.45, 7) is 4.07. The highest BCUT2D eigenvalue weighted by Crippen LogP contribution is 2.24. The fraction of sp³-hybridized carbons (Fsp3) is 0.167. The molecule has 130 valence electrons. The number of hydrogen-bond donors (Lipinski definition) is 1. The molecule has 0 saturated carbocycles. The molecule has 0 bridgehead atoms. The fourth-order valence-electron chi connectivity index (χ4n) is 2.56. The average molecular weight is 364 g/mol. The van der Waals surface area contributed by atoms with Crippen molar-refractivity contribution in [2.24, 2.45) is 0 Å². The molecule has 4 aromatic rings. The topological polar surface area (TPSA) is 85.1 Å². The highest BCUT2D eigenvalue weighted by Gasteiger charge is 2.18. The second kappa shape index (κ2) is 6.64. The van der Waals surface area contributed by atoms with Crippen LogP contribution in [0.15, 0.2) is 48.8 Å². The first-order valence-electron chi connectivity index (χ1n) is 8.16. The third-order valence-corrected chi connectivity index (χ3v) is 5.01. The van der Waals surface area contributed by atoms with E-state index in [9.17, 15) is 4.79 Å². The smallest absolute Gasteiger partial charge is 0.262 e. The first kappa shape index (κ1) is 16.3. The van der Waals surface area contributed by atoms with E-state index < -0.39 is 0 Å². The van der Waals surface area contributed by atoms with Crippen molar-refractivity contribution in [2.45, 2.75) is 19.8 Å². The van der Waals surface area contributed by atoms with Gasteiger partial charge < -0.3 is 0 Å². The van der Waals surface area contributed by atoms with Crippen molar-refractivity contribution >= 4 is 28.0 Å². The number of fused-ring (bicyclic) bond motifs is 1. The van der Waals surface area contributed by atoms with Gasteiger partial charge in [-0.15, -0.1) is 10.2 Å². The summed E-state index contributed by atoms with van der Waals surface area (Å²) in [5.41, 5.74) is 2.76. The van der Waals surface area contributed by atoms with Gasteiger partial charge in [-0.1, -0.05) is 55.5 Å². The van der Waals surface area contributed by atoms with Crippen LogP contribution in [0.5, 0.6) is 0 Å². The number of rotatable bonds is 4. The van der Waals surface area contributed by atoms with Gasteiger partial charge in [-0.2, -0.15) is 5.10 Å². The van der Waals surface area contributed by atoms with E-state index in [4.69, 9.17) is 0 Å². The Morgan fingerprint density at radius 2 is 1.96 bits per heavy atom. The van der Waals surface area contributed by atoms with Crippen LogP contribution in [0.1, 0.15) is 35.1 Å². The molecule has 0 unspecified atom stereocenters. The summed E-state index contributed by atoms with van der Waals surface area (Å²) in [6, 6.07) is 11.7. The van der Waals surface area contributed by atoms with E-state index in [0.717, 1.165) is 16.3 Å². The number of amides is 1. The number of aromatic nitrogens is 5. The van der Waals surface area contributed by atoms with Crippen LogP contribution in [0.25, 0.3) is 16.9 Å². The van der Waals surface area contributed by atoms with Crippen LogP contribution in [0.4, 0.5) is 5.13 Å². The minimum absolute atomic E-state index is 0.269. The van der Waals surface area contributed by atoms with Crippen molar-refractivity contribution in [3.8, 4) is 11.3 Å². The van der Waals surface area contributed by atoms with Gasteiger partial charge in [-0.05, 0) is 6.07 Å². The zero-order valence-electron chi connectivity index (χ0n) is 14.2. The van der Waals surface area contributed by atoms with Gasteiger partial charge in [0.1, 0.15) is 10.6 Å². The predicted octanol–water partition coefficient (Wildman–Crippen LogP) is 3.62.